The highest BCUT2D eigenvalue weighted by Crippen LogP contribution is 2.17. The van der Waals surface area contributed by atoms with E-state index in [1.807, 2.05) is 31.2 Å². The van der Waals surface area contributed by atoms with Gasteiger partial charge in [-0.05, 0) is 30.7 Å². The predicted molar refractivity (Wildman–Crippen MR) is 98.0 cm³/mol. The number of rotatable bonds is 6. The highest BCUT2D eigenvalue weighted by Gasteiger charge is 2.11. The molecule has 0 bridgehead atoms. The Hall–Kier alpha value is -3.34. The van der Waals surface area contributed by atoms with Crippen molar-refractivity contribution in [1.82, 2.24) is 10.9 Å². The van der Waals surface area contributed by atoms with Crippen LogP contribution < -0.4 is 15.6 Å². The van der Waals surface area contributed by atoms with E-state index in [0.717, 1.165) is 11.1 Å². The zero-order chi connectivity index (χ0) is 18.1. The monoisotopic (exact) mass is 336 g/mol. The molecule has 0 unspecified atom stereocenters. The van der Waals surface area contributed by atoms with E-state index in [1.54, 1.807) is 36.4 Å². The minimum absolute atomic E-state index is 0.288. The van der Waals surface area contributed by atoms with Crippen LogP contribution in [-0.2, 0) is 4.79 Å². The van der Waals surface area contributed by atoms with Crippen molar-refractivity contribution in [1.29, 1.82) is 0 Å². The van der Waals surface area contributed by atoms with Gasteiger partial charge in [0.25, 0.3) is 11.8 Å². The average molecular weight is 336 g/mol. The van der Waals surface area contributed by atoms with Crippen molar-refractivity contribution < 1.29 is 14.3 Å². The van der Waals surface area contributed by atoms with Crippen molar-refractivity contribution in [3.8, 4) is 5.75 Å². The van der Waals surface area contributed by atoms with Gasteiger partial charge in [0.1, 0.15) is 12.4 Å². The van der Waals surface area contributed by atoms with Gasteiger partial charge in [0.05, 0.1) is 5.56 Å². The van der Waals surface area contributed by atoms with Crippen molar-refractivity contribution >= 4 is 17.9 Å². The van der Waals surface area contributed by atoms with Crippen molar-refractivity contribution in [2.24, 2.45) is 0 Å². The van der Waals surface area contributed by atoms with Crippen molar-refractivity contribution in [3.05, 3.63) is 84.0 Å². The van der Waals surface area contributed by atoms with Gasteiger partial charge < -0.3 is 4.74 Å². The summed E-state index contributed by atoms with van der Waals surface area (Å²) in [6.07, 6.45) is 4.61. The first-order chi connectivity index (χ1) is 12.1. The fraction of sp³-hybridized carbons (Fsp3) is 0.100. The number of hydrogen-bond acceptors (Lipinski definition) is 3. The number of amides is 2. The lowest BCUT2D eigenvalue weighted by molar-refractivity contribution is -0.117. The standard InChI is InChI=1S/C20H20N2O3/c1-3-14-25-18-7-5-4-6-17(18)20(24)22-21-19(23)13-12-16-10-8-15(2)9-11-16/h3-13H,1,14H2,2H3,(H,21,23)(H,22,24)/b13-12+. The van der Waals surface area contributed by atoms with Crippen LogP contribution >= 0.6 is 0 Å². The highest BCUT2D eigenvalue weighted by molar-refractivity contribution is 5.99. The molecule has 0 aliphatic carbocycles. The largest absolute Gasteiger partial charge is 0.489 e. The fourth-order valence-electron chi connectivity index (χ4n) is 2.01. The summed E-state index contributed by atoms with van der Waals surface area (Å²) in [5.41, 5.74) is 7.08. The molecular weight excluding hydrogens is 316 g/mol. The summed E-state index contributed by atoms with van der Waals surface area (Å²) >= 11 is 0. The minimum Gasteiger partial charge on any atom is -0.489 e. The molecule has 0 heterocycles. The topological polar surface area (TPSA) is 67.4 Å². The molecule has 5 nitrogen and oxygen atoms in total. The van der Waals surface area contributed by atoms with Crippen LogP contribution in [0.3, 0.4) is 0 Å². The molecule has 128 valence electrons. The third-order valence-electron chi connectivity index (χ3n) is 3.29. The lowest BCUT2D eigenvalue weighted by Crippen LogP contribution is -2.40. The summed E-state index contributed by atoms with van der Waals surface area (Å²) in [7, 11) is 0. The first kappa shape index (κ1) is 18.0. The molecule has 2 aromatic rings. The van der Waals surface area contributed by atoms with Crippen LogP contribution in [-0.4, -0.2) is 18.4 Å². The van der Waals surface area contributed by atoms with E-state index in [0.29, 0.717) is 11.3 Å². The molecule has 2 amide bonds. The molecule has 0 saturated heterocycles. The maximum Gasteiger partial charge on any atom is 0.273 e. The van der Waals surface area contributed by atoms with Crippen LogP contribution in [0, 0.1) is 6.92 Å². The summed E-state index contributed by atoms with van der Waals surface area (Å²) in [4.78, 5) is 24.0. The van der Waals surface area contributed by atoms with E-state index in [-0.39, 0.29) is 6.61 Å². The van der Waals surface area contributed by atoms with Crippen molar-refractivity contribution in [2.45, 2.75) is 6.92 Å². The summed E-state index contributed by atoms with van der Waals surface area (Å²) in [6.45, 7) is 5.85. The van der Waals surface area contributed by atoms with E-state index in [2.05, 4.69) is 17.4 Å². The van der Waals surface area contributed by atoms with Crippen LogP contribution in [0.5, 0.6) is 5.75 Å². The molecule has 0 radical (unpaired) electrons. The molecule has 0 aliphatic rings. The average Bonchev–Trinajstić information content (AvgIpc) is 2.64. The molecule has 0 aliphatic heterocycles. The molecule has 0 saturated carbocycles. The van der Waals surface area contributed by atoms with Gasteiger partial charge in [0.15, 0.2) is 0 Å². The Kier molecular flexibility index (Phi) is 6.54. The minimum atomic E-state index is -0.461. The van der Waals surface area contributed by atoms with Gasteiger partial charge in [-0.15, -0.1) is 0 Å². The number of hydrazine groups is 1. The summed E-state index contributed by atoms with van der Waals surface area (Å²) in [6, 6.07) is 14.5. The Balaban J connectivity index is 1.92. The molecule has 2 N–H and O–H groups in total. The van der Waals surface area contributed by atoms with Gasteiger partial charge >= 0.3 is 0 Å². The van der Waals surface area contributed by atoms with Crippen LogP contribution in [0.1, 0.15) is 21.5 Å². The van der Waals surface area contributed by atoms with E-state index < -0.39 is 11.8 Å². The Morgan fingerprint density at radius 1 is 1.08 bits per heavy atom. The van der Waals surface area contributed by atoms with Gasteiger partial charge in [0.2, 0.25) is 0 Å². The number of carbonyl (C=O) groups is 2. The summed E-state index contributed by atoms with van der Waals surface area (Å²) in [5.74, 6) is -0.473. The molecule has 2 aromatic carbocycles. The Morgan fingerprint density at radius 3 is 2.52 bits per heavy atom. The Labute approximate surface area is 147 Å². The number of ether oxygens (including phenoxy) is 1. The maximum atomic E-state index is 12.2. The highest BCUT2D eigenvalue weighted by atomic mass is 16.5. The first-order valence-electron chi connectivity index (χ1n) is 7.78. The number of hydrogen-bond donors (Lipinski definition) is 2. The summed E-state index contributed by atoms with van der Waals surface area (Å²) < 4.78 is 5.42. The van der Waals surface area contributed by atoms with E-state index in [9.17, 15) is 9.59 Å². The molecule has 25 heavy (non-hydrogen) atoms. The zero-order valence-corrected chi connectivity index (χ0v) is 14.0. The lowest BCUT2D eigenvalue weighted by Gasteiger charge is -2.10. The molecule has 2 rings (SSSR count). The quantitative estimate of drug-likeness (QED) is 0.484. The second-order valence-corrected chi connectivity index (χ2v) is 5.28. The zero-order valence-electron chi connectivity index (χ0n) is 14.0. The van der Waals surface area contributed by atoms with Gasteiger partial charge in [0, 0.05) is 6.08 Å². The number of aryl methyl sites for hydroxylation is 1. The van der Waals surface area contributed by atoms with Crippen LogP contribution in [0.2, 0.25) is 0 Å². The molecule has 5 heteroatoms. The van der Waals surface area contributed by atoms with E-state index in [1.165, 1.54) is 6.08 Å². The molecule has 0 spiro atoms. The smallest absolute Gasteiger partial charge is 0.273 e. The normalized spacial score (nSPS) is 10.3. The Morgan fingerprint density at radius 2 is 1.80 bits per heavy atom. The molecule has 0 fully saturated rings. The fourth-order valence-corrected chi connectivity index (χ4v) is 2.01. The molecule has 0 atom stereocenters. The number of para-hydroxylation sites is 1. The third-order valence-corrected chi connectivity index (χ3v) is 3.29. The van der Waals surface area contributed by atoms with Gasteiger partial charge in [-0.1, -0.05) is 54.6 Å². The summed E-state index contributed by atoms with van der Waals surface area (Å²) in [5, 5.41) is 0. The van der Waals surface area contributed by atoms with Gasteiger partial charge in [-0.3, -0.25) is 20.4 Å². The number of benzene rings is 2. The predicted octanol–water partition coefficient (Wildman–Crippen LogP) is 3.03. The second kappa shape index (κ2) is 9.08. The number of nitrogens with one attached hydrogen (secondary N) is 2. The Bertz CT molecular complexity index is 780. The molecular formula is C20H20N2O3. The van der Waals surface area contributed by atoms with Crippen LogP contribution in [0.15, 0.2) is 67.3 Å². The molecule has 0 aromatic heterocycles. The number of carbonyl (C=O) groups excluding carboxylic acids is 2. The van der Waals surface area contributed by atoms with Gasteiger partial charge in [-0.25, -0.2) is 0 Å². The van der Waals surface area contributed by atoms with Crippen molar-refractivity contribution in [3.63, 3.8) is 0 Å². The maximum absolute atomic E-state index is 12.2. The van der Waals surface area contributed by atoms with Gasteiger partial charge in [-0.2, -0.15) is 0 Å². The van der Waals surface area contributed by atoms with E-state index in [4.69, 9.17) is 4.74 Å². The van der Waals surface area contributed by atoms with E-state index >= 15 is 0 Å². The SMILES string of the molecule is C=CCOc1ccccc1C(=O)NNC(=O)/C=C/c1ccc(C)cc1. The second-order valence-electron chi connectivity index (χ2n) is 5.28. The van der Waals surface area contributed by atoms with Crippen molar-refractivity contribution in [2.75, 3.05) is 6.61 Å². The first-order valence-corrected chi connectivity index (χ1v) is 7.78. The van der Waals surface area contributed by atoms with Crippen LogP contribution in [0.25, 0.3) is 6.08 Å². The van der Waals surface area contributed by atoms with Crippen LogP contribution in [0.4, 0.5) is 0 Å². The lowest BCUT2D eigenvalue weighted by atomic mass is 10.1. The third kappa shape index (κ3) is 5.66.